The number of carbonyl (C=O) groups is 5. The first-order valence-corrected chi connectivity index (χ1v) is 19.5. The Morgan fingerprint density at radius 1 is 0.776 bits per heavy atom. The summed E-state index contributed by atoms with van der Waals surface area (Å²) in [5.74, 6) is -5.11. The van der Waals surface area contributed by atoms with Crippen LogP contribution in [0.1, 0.15) is 61.0 Å². The van der Waals surface area contributed by atoms with Gasteiger partial charge in [0.25, 0.3) is 0 Å². The molecule has 13 N–H and O–H groups in total. The Kier molecular flexibility index (Phi) is 17.9. The highest BCUT2D eigenvalue weighted by atomic mass is 19.1. The maximum atomic E-state index is 14.0. The van der Waals surface area contributed by atoms with Crippen LogP contribution in [0.3, 0.4) is 0 Å². The van der Waals surface area contributed by atoms with E-state index in [4.69, 9.17) is 17.2 Å². The van der Waals surface area contributed by atoms with Crippen molar-refractivity contribution in [2.45, 2.75) is 82.9 Å². The van der Waals surface area contributed by atoms with Crippen LogP contribution >= 0.6 is 0 Å². The lowest BCUT2D eigenvalue weighted by atomic mass is 9.85. The van der Waals surface area contributed by atoms with Gasteiger partial charge in [0.1, 0.15) is 18.1 Å². The number of fused-ring (bicyclic) bond motifs is 1. The number of hydrogen-bond donors (Lipinski definition) is 10. The Labute approximate surface area is 337 Å². The van der Waals surface area contributed by atoms with Crippen molar-refractivity contribution >= 4 is 39.9 Å². The fraction of sp³-hybridized carbons (Fsp3) is 0.405. The Hall–Kier alpha value is -5.04. The number of hydrazine groups is 2. The van der Waals surface area contributed by atoms with Crippen molar-refractivity contribution in [3.05, 3.63) is 108 Å². The molecular formula is C42H56FN9O6. The molecule has 3 aromatic carbocycles. The molecule has 0 bridgehead atoms. The molecule has 0 radical (unpaired) electrons. The molecule has 0 spiro atoms. The van der Waals surface area contributed by atoms with E-state index in [1.165, 1.54) is 12.1 Å². The van der Waals surface area contributed by atoms with Crippen molar-refractivity contribution in [2.75, 3.05) is 13.1 Å². The molecule has 0 aliphatic rings. The summed E-state index contributed by atoms with van der Waals surface area (Å²) in [6, 6.07) is 18.2. The first-order valence-electron chi connectivity index (χ1n) is 19.5. The number of nitrogens with two attached hydrogens (primary N) is 3. The second-order valence-electron chi connectivity index (χ2n) is 14.9. The maximum absolute atomic E-state index is 14.0. The van der Waals surface area contributed by atoms with Gasteiger partial charge < -0.3 is 27.3 Å². The zero-order chi connectivity index (χ0) is 42.2. The van der Waals surface area contributed by atoms with Crippen LogP contribution in [0.25, 0.3) is 10.9 Å². The third-order valence-corrected chi connectivity index (χ3v) is 9.71. The minimum atomic E-state index is -1.15. The number of aliphatic hydroxyl groups is 1. The normalized spacial score (nSPS) is 14.3. The highest BCUT2D eigenvalue weighted by molar-refractivity contribution is 6.45. The smallest absolute Gasteiger partial charge is 0.236 e. The molecule has 4 rings (SSSR count). The van der Waals surface area contributed by atoms with Gasteiger partial charge in [-0.15, -0.1) is 0 Å². The second-order valence-corrected chi connectivity index (χ2v) is 14.9. The topological polar surface area (TPSA) is 260 Å². The van der Waals surface area contributed by atoms with Gasteiger partial charge in [0.15, 0.2) is 0 Å². The number of aliphatic hydroxyl groups excluding tert-OH is 1. The van der Waals surface area contributed by atoms with Gasteiger partial charge in [-0.3, -0.25) is 34.7 Å². The molecule has 16 heteroatoms. The van der Waals surface area contributed by atoms with Crippen LogP contribution in [-0.2, 0) is 32.0 Å². The molecule has 0 fully saturated rings. The fourth-order valence-corrected chi connectivity index (χ4v) is 6.71. The van der Waals surface area contributed by atoms with Crippen LogP contribution in [0.4, 0.5) is 4.39 Å². The van der Waals surface area contributed by atoms with E-state index < -0.39 is 71.3 Å². The highest BCUT2D eigenvalue weighted by Crippen LogP contribution is 2.22. The zero-order valence-corrected chi connectivity index (χ0v) is 32.9. The lowest BCUT2D eigenvalue weighted by Crippen LogP contribution is -2.56. The van der Waals surface area contributed by atoms with Gasteiger partial charge in [-0.05, 0) is 86.0 Å². The van der Waals surface area contributed by atoms with Crippen molar-refractivity contribution in [2.24, 2.45) is 29.0 Å². The molecule has 1 unspecified atom stereocenters. The van der Waals surface area contributed by atoms with Gasteiger partial charge in [0, 0.05) is 41.5 Å². The largest absolute Gasteiger partial charge is 0.392 e. The number of hydrogen-bond acceptors (Lipinski definition) is 13. The summed E-state index contributed by atoms with van der Waals surface area (Å²) in [7, 11) is 0. The van der Waals surface area contributed by atoms with Crippen LogP contribution in [0.5, 0.6) is 0 Å². The van der Waals surface area contributed by atoms with Gasteiger partial charge in [-0.2, -0.15) is 0 Å². The molecule has 0 aliphatic heterocycles. The lowest BCUT2D eigenvalue weighted by Gasteiger charge is -2.26. The monoisotopic (exact) mass is 801 g/mol. The molecule has 1 aromatic heterocycles. The summed E-state index contributed by atoms with van der Waals surface area (Å²) in [5.41, 5.74) is 31.0. The molecule has 0 saturated carbocycles. The van der Waals surface area contributed by atoms with Gasteiger partial charge in [-0.25, -0.2) is 20.7 Å². The zero-order valence-electron chi connectivity index (χ0n) is 32.9. The summed E-state index contributed by atoms with van der Waals surface area (Å²) in [5, 5.41) is 14.9. The third kappa shape index (κ3) is 14.1. The Bertz CT molecular complexity index is 1960. The number of aromatic nitrogens is 1. The number of aromatic amines is 1. The highest BCUT2D eigenvalue weighted by Gasteiger charge is 2.34. The number of Topliss-reactive ketones (excluding diaryl/α,β-unsaturated/α-hetero) is 4. The SMILES string of the molecule is CC(C)CC(C[C@@H](O)CNN[C@@H](Cc1ccccc1)C(=O)C(=O)c1ccc(F)cc1)C(=O)C(=O)[C@H](CCCNC(N)N)NN[C@@H](Cc1c[nH]c2ccccc12)C(N)=O. The molecule has 15 nitrogen and oxygen atoms in total. The van der Waals surface area contributed by atoms with Crippen LogP contribution in [-0.4, -0.2) is 82.7 Å². The number of rotatable bonds is 27. The van der Waals surface area contributed by atoms with Crippen molar-refractivity contribution in [3.8, 4) is 0 Å². The molecule has 312 valence electrons. The van der Waals surface area contributed by atoms with E-state index >= 15 is 0 Å². The summed E-state index contributed by atoms with van der Waals surface area (Å²) in [6.07, 6.45) is 0.971. The van der Waals surface area contributed by atoms with Gasteiger partial charge in [0.2, 0.25) is 29.0 Å². The number of primary amides is 1. The van der Waals surface area contributed by atoms with Gasteiger partial charge >= 0.3 is 0 Å². The minimum absolute atomic E-state index is 0.0134. The van der Waals surface area contributed by atoms with E-state index in [2.05, 4.69) is 32.0 Å². The van der Waals surface area contributed by atoms with Crippen LogP contribution in [0.2, 0.25) is 0 Å². The number of nitrogens with one attached hydrogen (secondary N) is 6. The standard InChI is InChI=1S/C42H56FN9O6/c1-25(2)19-28(21-31(53)24-49-50-35(20-26-9-4-3-5-10-26)40(57)37(54)27-14-16-30(43)17-15-27)38(55)39(56)34(13-8-18-47-42(45)46)51-52-36(41(44)58)22-29-23-48-33-12-7-6-11-32(29)33/h3-7,9-12,14-17,23,25,28,31,34-36,42,47-53H,8,13,18-22,24,45-46H2,1-2H3,(H2,44,58)/t28?,31-,34+,35+,36+/m1/s1. The van der Waals surface area contributed by atoms with E-state index in [1.54, 1.807) is 30.5 Å². The molecule has 0 aliphatic carbocycles. The van der Waals surface area contributed by atoms with Crippen molar-refractivity contribution in [1.29, 1.82) is 0 Å². The molecule has 1 amide bonds. The first kappa shape index (κ1) is 45.7. The predicted molar refractivity (Wildman–Crippen MR) is 219 cm³/mol. The summed E-state index contributed by atoms with van der Waals surface area (Å²) in [4.78, 5) is 70.1. The predicted octanol–water partition coefficient (Wildman–Crippen LogP) is 1.45. The quantitative estimate of drug-likeness (QED) is 0.0135. The van der Waals surface area contributed by atoms with Crippen LogP contribution in [0.15, 0.2) is 85.1 Å². The van der Waals surface area contributed by atoms with E-state index in [-0.39, 0.29) is 43.7 Å². The van der Waals surface area contributed by atoms with Gasteiger partial charge in [-0.1, -0.05) is 62.4 Å². The van der Waals surface area contributed by atoms with Crippen molar-refractivity contribution in [1.82, 2.24) is 32.0 Å². The number of amides is 1. The van der Waals surface area contributed by atoms with Crippen LogP contribution in [0, 0.1) is 17.7 Å². The number of halogens is 1. The number of para-hydroxylation sites is 1. The number of H-pyrrole nitrogens is 1. The average Bonchev–Trinajstić information content (AvgIpc) is 3.61. The maximum Gasteiger partial charge on any atom is 0.236 e. The molecule has 5 atom stereocenters. The Morgan fingerprint density at radius 2 is 1.45 bits per heavy atom. The Morgan fingerprint density at radius 3 is 2.12 bits per heavy atom. The molecule has 4 aromatic rings. The van der Waals surface area contributed by atoms with E-state index in [0.717, 1.165) is 34.2 Å². The second kappa shape index (κ2) is 22.8. The van der Waals surface area contributed by atoms with Crippen molar-refractivity contribution < 1.29 is 33.5 Å². The summed E-state index contributed by atoms with van der Waals surface area (Å²) in [6.45, 7) is 4.01. The molecule has 58 heavy (non-hydrogen) atoms. The molecular weight excluding hydrogens is 746 g/mol. The number of ketones is 4. The van der Waals surface area contributed by atoms with E-state index in [1.807, 2.05) is 44.2 Å². The summed E-state index contributed by atoms with van der Waals surface area (Å²) >= 11 is 0. The summed E-state index contributed by atoms with van der Waals surface area (Å²) < 4.78 is 13.5. The lowest BCUT2D eigenvalue weighted by molar-refractivity contribution is -0.141. The Balaban J connectivity index is 1.43. The van der Waals surface area contributed by atoms with Crippen molar-refractivity contribution in [3.63, 3.8) is 0 Å². The molecule has 0 saturated heterocycles. The van der Waals surface area contributed by atoms with E-state index in [9.17, 15) is 33.5 Å². The molecule has 1 heterocycles. The van der Waals surface area contributed by atoms with Gasteiger partial charge in [0.05, 0.1) is 18.2 Å². The van der Waals surface area contributed by atoms with Crippen LogP contribution < -0.4 is 44.2 Å². The number of benzene rings is 3. The first-order chi connectivity index (χ1) is 27.7. The average molecular weight is 802 g/mol. The fourth-order valence-electron chi connectivity index (χ4n) is 6.71. The minimum Gasteiger partial charge on any atom is -0.392 e. The number of carbonyl (C=O) groups excluding carboxylic acids is 5. The van der Waals surface area contributed by atoms with E-state index in [0.29, 0.717) is 19.4 Å². The third-order valence-electron chi connectivity index (χ3n) is 9.71.